The molecule has 0 aliphatic heterocycles. The molecular formula is C17H23N3S. The molecule has 1 heterocycles. The van der Waals surface area contributed by atoms with Crippen molar-refractivity contribution in [3.63, 3.8) is 0 Å². The number of anilines is 1. The first-order valence-electron chi connectivity index (χ1n) is 7.51. The van der Waals surface area contributed by atoms with E-state index in [2.05, 4.69) is 24.1 Å². The SMILES string of the molecule is CC(C)CCCCNc1nc2ccccc2cc1C(N)=S. The van der Waals surface area contributed by atoms with E-state index in [9.17, 15) is 0 Å². The molecule has 0 amide bonds. The van der Waals surface area contributed by atoms with Gasteiger partial charge >= 0.3 is 0 Å². The zero-order valence-electron chi connectivity index (χ0n) is 12.7. The van der Waals surface area contributed by atoms with Crippen molar-refractivity contribution in [2.75, 3.05) is 11.9 Å². The maximum Gasteiger partial charge on any atom is 0.136 e. The Balaban J connectivity index is 2.10. The zero-order valence-corrected chi connectivity index (χ0v) is 13.5. The Bertz CT molecular complexity index is 622. The number of nitrogens with two attached hydrogens (primary N) is 1. The van der Waals surface area contributed by atoms with Gasteiger partial charge in [-0.2, -0.15) is 0 Å². The van der Waals surface area contributed by atoms with Crippen LogP contribution in [0.5, 0.6) is 0 Å². The van der Waals surface area contributed by atoms with Crippen molar-refractivity contribution in [2.24, 2.45) is 11.7 Å². The van der Waals surface area contributed by atoms with Crippen LogP contribution < -0.4 is 11.1 Å². The summed E-state index contributed by atoms with van der Waals surface area (Å²) >= 11 is 5.15. The minimum absolute atomic E-state index is 0.387. The van der Waals surface area contributed by atoms with E-state index in [1.807, 2.05) is 30.3 Å². The molecule has 1 aromatic carbocycles. The number of thiocarbonyl (C=S) groups is 1. The molecule has 0 unspecified atom stereocenters. The van der Waals surface area contributed by atoms with Crippen molar-refractivity contribution in [3.05, 3.63) is 35.9 Å². The van der Waals surface area contributed by atoms with E-state index in [0.29, 0.717) is 4.99 Å². The molecule has 0 fully saturated rings. The number of unbranched alkanes of at least 4 members (excludes halogenated alkanes) is 1. The Morgan fingerprint density at radius 1 is 1.29 bits per heavy atom. The maximum absolute atomic E-state index is 5.83. The Morgan fingerprint density at radius 3 is 2.76 bits per heavy atom. The normalized spacial score (nSPS) is 11.0. The van der Waals surface area contributed by atoms with E-state index in [-0.39, 0.29) is 0 Å². The summed E-state index contributed by atoms with van der Waals surface area (Å²) in [6.07, 6.45) is 3.61. The molecule has 0 radical (unpaired) electrons. The number of para-hydroxylation sites is 1. The van der Waals surface area contributed by atoms with Gasteiger partial charge in [0, 0.05) is 11.9 Å². The van der Waals surface area contributed by atoms with Gasteiger partial charge in [0.2, 0.25) is 0 Å². The van der Waals surface area contributed by atoms with Crippen molar-refractivity contribution in [1.82, 2.24) is 4.98 Å². The molecule has 0 spiro atoms. The van der Waals surface area contributed by atoms with E-state index in [1.54, 1.807) is 0 Å². The molecule has 112 valence electrons. The van der Waals surface area contributed by atoms with Crippen LogP contribution in [0.15, 0.2) is 30.3 Å². The molecule has 2 aromatic rings. The maximum atomic E-state index is 5.83. The van der Waals surface area contributed by atoms with Gasteiger partial charge in [-0.3, -0.25) is 0 Å². The lowest BCUT2D eigenvalue weighted by Gasteiger charge is -2.12. The molecule has 1 aromatic heterocycles. The average molecular weight is 301 g/mol. The molecule has 4 heteroatoms. The van der Waals surface area contributed by atoms with Gasteiger partial charge in [0.05, 0.1) is 11.1 Å². The van der Waals surface area contributed by atoms with Gasteiger partial charge in [-0.05, 0) is 24.5 Å². The highest BCUT2D eigenvalue weighted by Crippen LogP contribution is 2.20. The van der Waals surface area contributed by atoms with Crippen LogP contribution in [0, 0.1) is 5.92 Å². The fourth-order valence-corrected chi connectivity index (χ4v) is 2.48. The van der Waals surface area contributed by atoms with E-state index in [4.69, 9.17) is 18.0 Å². The number of nitrogens with one attached hydrogen (secondary N) is 1. The van der Waals surface area contributed by atoms with Crippen molar-refractivity contribution < 1.29 is 0 Å². The summed E-state index contributed by atoms with van der Waals surface area (Å²) in [5, 5.41) is 4.44. The van der Waals surface area contributed by atoms with Crippen molar-refractivity contribution in [2.45, 2.75) is 33.1 Å². The molecule has 0 aliphatic carbocycles. The Hall–Kier alpha value is -1.68. The van der Waals surface area contributed by atoms with Gasteiger partial charge in [-0.15, -0.1) is 0 Å². The van der Waals surface area contributed by atoms with Crippen molar-refractivity contribution in [3.8, 4) is 0 Å². The lowest BCUT2D eigenvalue weighted by atomic mass is 10.1. The highest BCUT2D eigenvalue weighted by molar-refractivity contribution is 7.80. The zero-order chi connectivity index (χ0) is 15.2. The Labute approximate surface area is 132 Å². The summed E-state index contributed by atoms with van der Waals surface area (Å²) in [6.45, 7) is 5.40. The number of fused-ring (bicyclic) bond motifs is 1. The van der Waals surface area contributed by atoms with Gasteiger partial charge in [-0.25, -0.2) is 4.98 Å². The van der Waals surface area contributed by atoms with Crippen molar-refractivity contribution in [1.29, 1.82) is 0 Å². The highest BCUT2D eigenvalue weighted by Gasteiger charge is 2.08. The minimum Gasteiger partial charge on any atom is -0.389 e. The summed E-state index contributed by atoms with van der Waals surface area (Å²) < 4.78 is 0. The third-order valence-electron chi connectivity index (χ3n) is 3.49. The van der Waals surface area contributed by atoms with Crippen LogP contribution in [-0.4, -0.2) is 16.5 Å². The monoisotopic (exact) mass is 301 g/mol. The molecule has 3 N–H and O–H groups in total. The van der Waals surface area contributed by atoms with E-state index >= 15 is 0 Å². The minimum atomic E-state index is 0.387. The molecule has 0 aliphatic rings. The van der Waals surface area contributed by atoms with Crippen LogP contribution >= 0.6 is 12.2 Å². The lowest BCUT2D eigenvalue weighted by Crippen LogP contribution is -2.15. The van der Waals surface area contributed by atoms with Gasteiger partial charge < -0.3 is 11.1 Å². The van der Waals surface area contributed by atoms with Gasteiger partial charge in [0.15, 0.2) is 0 Å². The predicted molar refractivity (Wildman–Crippen MR) is 94.8 cm³/mol. The largest absolute Gasteiger partial charge is 0.389 e. The first kappa shape index (κ1) is 15.7. The molecule has 0 saturated carbocycles. The second-order valence-electron chi connectivity index (χ2n) is 5.76. The molecule has 2 rings (SSSR count). The summed E-state index contributed by atoms with van der Waals surface area (Å²) in [4.78, 5) is 5.04. The van der Waals surface area contributed by atoms with Gasteiger partial charge in [-0.1, -0.05) is 57.1 Å². The number of hydrogen-bond donors (Lipinski definition) is 2. The van der Waals surface area contributed by atoms with Crippen LogP contribution in [0.25, 0.3) is 10.9 Å². The number of rotatable bonds is 7. The van der Waals surface area contributed by atoms with Gasteiger partial charge in [0.25, 0.3) is 0 Å². The molecule has 0 saturated heterocycles. The van der Waals surface area contributed by atoms with E-state index < -0.39 is 0 Å². The average Bonchev–Trinajstić information content (AvgIpc) is 2.45. The van der Waals surface area contributed by atoms with Crippen LogP contribution in [0.3, 0.4) is 0 Å². The Morgan fingerprint density at radius 2 is 2.05 bits per heavy atom. The number of benzene rings is 1. The number of pyridine rings is 1. The molecule has 0 atom stereocenters. The van der Waals surface area contributed by atoms with Crippen LogP contribution in [0.4, 0.5) is 5.82 Å². The first-order valence-corrected chi connectivity index (χ1v) is 7.92. The number of nitrogens with zero attached hydrogens (tertiary/aromatic N) is 1. The van der Waals surface area contributed by atoms with E-state index in [1.165, 1.54) is 12.8 Å². The fourth-order valence-electron chi connectivity index (χ4n) is 2.32. The first-order chi connectivity index (χ1) is 10.1. The molecule has 0 bridgehead atoms. The third kappa shape index (κ3) is 4.39. The van der Waals surface area contributed by atoms with Gasteiger partial charge in [0.1, 0.15) is 10.8 Å². The van der Waals surface area contributed by atoms with Crippen LogP contribution in [-0.2, 0) is 0 Å². The van der Waals surface area contributed by atoms with Crippen LogP contribution in [0.2, 0.25) is 0 Å². The van der Waals surface area contributed by atoms with Crippen LogP contribution in [0.1, 0.15) is 38.7 Å². The summed E-state index contributed by atoms with van der Waals surface area (Å²) in [5.74, 6) is 1.56. The standard InChI is InChI=1S/C17H23N3S/c1-12(2)7-5-6-10-19-17-14(16(18)21)11-13-8-3-4-9-15(13)20-17/h3-4,8-9,11-12H,5-7,10H2,1-2H3,(H2,18,21)(H,19,20). The molecular weight excluding hydrogens is 278 g/mol. The second kappa shape index (κ2) is 7.36. The second-order valence-corrected chi connectivity index (χ2v) is 6.20. The third-order valence-corrected chi connectivity index (χ3v) is 3.71. The summed E-state index contributed by atoms with van der Waals surface area (Å²) in [6, 6.07) is 10.0. The number of aromatic nitrogens is 1. The summed E-state index contributed by atoms with van der Waals surface area (Å²) in [5.41, 5.74) is 7.61. The lowest BCUT2D eigenvalue weighted by molar-refractivity contribution is 0.544. The topological polar surface area (TPSA) is 50.9 Å². The highest BCUT2D eigenvalue weighted by atomic mass is 32.1. The predicted octanol–water partition coefficient (Wildman–Crippen LogP) is 4.11. The quantitative estimate of drug-likeness (QED) is 0.597. The Kier molecular flexibility index (Phi) is 5.51. The fraction of sp³-hybridized carbons (Fsp3) is 0.412. The summed E-state index contributed by atoms with van der Waals surface area (Å²) in [7, 11) is 0. The number of hydrogen-bond acceptors (Lipinski definition) is 3. The molecule has 3 nitrogen and oxygen atoms in total. The van der Waals surface area contributed by atoms with E-state index in [0.717, 1.165) is 41.2 Å². The smallest absolute Gasteiger partial charge is 0.136 e. The molecule has 21 heavy (non-hydrogen) atoms. The van der Waals surface area contributed by atoms with Crippen molar-refractivity contribution >= 4 is 33.9 Å².